The Labute approximate surface area is 54.9 Å². The summed E-state index contributed by atoms with van der Waals surface area (Å²) in [6, 6.07) is 0.513. The smallest absolute Gasteiger partial charge is 0.169 e. The first kappa shape index (κ1) is 5.27. The van der Waals surface area contributed by atoms with Gasteiger partial charge in [-0.05, 0) is 18.8 Å². The zero-order valence-corrected chi connectivity index (χ0v) is 5.42. The van der Waals surface area contributed by atoms with Gasteiger partial charge in [-0.3, -0.25) is 4.99 Å². The number of hydrogen-bond acceptors (Lipinski definition) is 2. The summed E-state index contributed by atoms with van der Waals surface area (Å²) in [6.07, 6.45) is 5.73. The molecule has 1 fully saturated rings. The summed E-state index contributed by atoms with van der Waals surface area (Å²) in [4.78, 5) is 4.21. The molecule has 0 spiro atoms. The predicted octanol–water partition coefficient (Wildman–Crippen LogP) is 1.21. The molecule has 0 bridgehead atoms. The van der Waals surface area contributed by atoms with Crippen LogP contribution < -0.4 is 0 Å². The molecule has 0 aromatic rings. The Morgan fingerprint density at radius 3 is 2.78 bits per heavy atom. The highest BCUT2D eigenvalue weighted by atomic mass is 16.5. The van der Waals surface area contributed by atoms with Gasteiger partial charge in [-0.25, -0.2) is 0 Å². The summed E-state index contributed by atoms with van der Waals surface area (Å²) in [5.74, 6) is 0.851. The van der Waals surface area contributed by atoms with Crippen LogP contribution in [0.25, 0.3) is 0 Å². The monoisotopic (exact) mass is 125 g/mol. The van der Waals surface area contributed by atoms with Gasteiger partial charge in [-0.15, -0.1) is 0 Å². The second-order valence-corrected chi connectivity index (χ2v) is 2.85. The maximum absolute atomic E-state index is 5.02. The SMILES string of the molecule is C1=NC(C2CCC2)CO1. The molecule has 1 aliphatic carbocycles. The van der Waals surface area contributed by atoms with E-state index < -0.39 is 0 Å². The molecule has 2 rings (SSSR count). The Balaban J connectivity index is 1.89. The second-order valence-electron chi connectivity index (χ2n) is 2.85. The molecule has 1 unspecified atom stereocenters. The third-order valence-corrected chi connectivity index (χ3v) is 2.29. The summed E-state index contributed by atoms with van der Waals surface area (Å²) in [7, 11) is 0. The third-order valence-electron chi connectivity index (χ3n) is 2.29. The Bertz CT molecular complexity index is 129. The Morgan fingerprint density at radius 1 is 1.44 bits per heavy atom. The van der Waals surface area contributed by atoms with E-state index in [0.717, 1.165) is 12.5 Å². The average Bonchev–Trinajstić information content (AvgIpc) is 2.11. The van der Waals surface area contributed by atoms with Gasteiger partial charge < -0.3 is 4.74 Å². The van der Waals surface area contributed by atoms with Crippen LogP contribution in [0, 0.1) is 5.92 Å². The zero-order valence-electron chi connectivity index (χ0n) is 5.42. The molecule has 1 aliphatic heterocycles. The summed E-state index contributed by atoms with van der Waals surface area (Å²) < 4.78 is 5.02. The van der Waals surface area contributed by atoms with E-state index in [9.17, 15) is 0 Å². The van der Waals surface area contributed by atoms with E-state index in [1.54, 1.807) is 6.40 Å². The van der Waals surface area contributed by atoms with E-state index >= 15 is 0 Å². The standard InChI is InChI=1S/C7H11NO/c1-2-6(3-1)7-4-9-5-8-7/h5-7H,1-4H2. The van der Waals surface area contributed by atoms with Gasteiger partial charge in [0.2, 0.25) is 0 Å². The quantitative estimate of drug-likeness (QED) is 0.516. The Kier molecular flexibility index (Phi) is 1.18. The maximum atomic E-state index is 5.02. The second kappa shape index (κ2) is 2.01. The van der Waals surface area contributed by atoms with Gasteiger partial charge in [0, 0.05) is 0 Å². The average molecular weight is 125 g/mol. The van der Waals surface area contributed by atoms with Crippen molar-refractivity contribution in [2.75, 3.05) is 6.61 Å². The summed E-state index contributed by atoms with van der Waals surface area (Å²) in [6.45, 7) is 0.838. The van der Waals surface area contributed by atoms with Gasteiger partial charge in [0.15, 0.2) is 6.40 Å². The Hall–Kier alpha value is -0.530. The lowest BCUT2D eigenvalue weighted by atomic mass is 9.80. The molecule has 0 saturated heterocycles. The molecule has 2 aliphatic rings. The number of aliphatic imine (C=N–C) groups is 1. The normalized spacial score (nSPS) is 34.0. The van der Waals surface area contributed by atoms with Gasteiger partial charge in [0.1, 0.15) is 6.61 Å². The fourth-order valence-electron chi connectivity index (χ4n) is 1.39. The van der Waals surface area contributed by atoms with Gasteiger partial charge in [-0.1, -0.05) is 6.42 Å². The molecule has 0 aromatic carbocycles. The van der Waals surface area contributed by atoms with Crippen LogP contribution in [0.4, 0.5) is 0 Å². The lowest BCUT2D eigenvalue weighted by Gasteiger charge is -2.27. The van der Waals surface area contributed by atoms with E-state index in [2.05, 4.69) is 4.99 Å². The van der Waals surface area contributed by atoms with Crippen LogP contribution in [-0.4, -0.2) is 19.0 Å². The first-order chi connectivity index (χ1) is 4.47. The van der Waals surface area contributed by atoms with Crippen molar-refractivity contribution in [3.05, 3.63) is 0 Å². The van der Waals surface area contributed by atoms with Crippen molar-refractivity contribution in [2.45, 2.75) is 25.3 Å². The van der Waals surface area contributed by atoms with Crippen LogP contribution in [-0.2, 0) is 4.74 Å². The minimum absolute atomic E-state index is 0.513. The third kappa shape index (κ3) is 0.824. The molecule has 1 heterocycles. The van der Waals surface area contributed by atoms with Crippen molar-refractivity contribution in [2.24, 2.45) is 10.9 Å². The minimum Gasteiger partial charge on any atom is -0.481 e. The molecule has 0 radical (unpaired) electrons. The highest BCUT2D eigenvalue weighted by Crippen LogP contribution is 2.32. The number of rotatable bonds is 1. The van der Waals surface area contributed by atoms with Crippen LogP contribution in [0.5, 0.6) is 0 Å². The van der Waals surface area contributed by atoms with Crippen molar-refractivity contribution in [3.8, 4) is 0 Å². The molecule has 1 saturated carbocycles. The number of hydrogen-bond donors (Lipinski definition) is 0. The van der Waals surface area contributed by atoms with Crippen LogP contribution in [0.3, 0.4) is 0 Å². The number of nitrogens with zero attached hydrogens (tertiary/aromatic N) is 1. The first-order valence-electron chi connectivity index (χ1n) is 3.60. The van der Waals surface area contributed by atoms with E-state index in [1.807, 2.05) is 0 Å². The van der Waals surface area contributed by atoms with Gasteiger partial charge in [0.25, 0.3) is 0 Å². The topological polar surface area (TPSA) is 21.6 Å². The van der Waals surface area contributed by atoms with E-state index in [0.29, 0.717) is 6.04 Å². The molecule has 2 nitrogen and oxygen atoms in total. The van der Waals surface area contributed by atoms with E-state index in [1.165, 1.54) is 19.3 Å². The molecule has 0 N–H and O–H groups in total. The summed E-state index contributed by atoms with van der Waals surface area (Å²) in [5, 5.41) is 0. The summed E-state index contributed by atoms with van der Waals surface area (Å²) in [5.41, 5.74) is 0. The van der Waals surface area contributed by atoms with Crippen LogP contribution in [0.1, 0.15) is 19.3 Å². The fraction of sp³-hybridized carbons (Fsp3) is 0.857. The predicted molar refractivity (Wildman–Crippen MR) is 35.6 cm³/mol. The largest absolute Gasteiger partial charge is 0.481 e. The van der Waals surface area contributed by atoms with Gasteiger partial charge in [-0.2, -0.15) is 0 Å². The van der Waals surface area contributed by atoms with E-state index in [-0.39, 0.29) is 0 Å². The van der Waals surface area contributed by atoms with Crippen LogP contribution >= 0.6 is 0 Å². The van der Waals surface area contributed by atoms with Crippen LogP contribution in [0.2, 0.25) is 0 Å². The lowest BCUT2D eigenvalue weighted by Crippen LogP contribution is -2.26. The molecule has 9 heavy (non-hydrogen) atoms. The first-order valence-corrected chi connectivity index (χ1v) is 3.60. The van der Waals surface area contributed by atoms with Crippen molar-refractivity contribution >= 4 is 6.40 Å². The van der Waals surface area contributed by atoms with Crippen molar-refractivity contribution < 1.29 is 4.74 Å². The molecule has 1 atom stereocenters. The molecule has 2 heteroatoms. The summed E-state index contributed by atoms with van der Waals surface area (Å²) >= 11 is 0. The lowest BCUT2D eigenvalue weighted by molar-refractivity contribution is 0.215. The molecule has 0 aromatic heterocycles. The highest BCUT2D eigenvalue weighted by Gasteiger charge is 2.28. The highest BCUT2D eigenvalue weighted by molar-refractivity contribution is 5.49. The molecular weight excluding hydrogens is 114 g/mol. The Morgan fingerprint density at radius 2 is 2.33 bits per heavy atom. The fourth-order valence-corrected chi connectivity index (χ4v) is 1.39. The molecular formula is C7H11NO. The van der Waals surface area contributed by atoms with Crippen LogP contribution in [0.15, 0.2) is 4.99 Å². The van der Waals surface area contributed by atoms with Gasteiger partial charge in [0.05, 0.1) is 6.04 Å². The van der Waals surface area contributed by atoms with Crippen molar-refractivity contribution in [3.63, 3.8) is 0 Å². The maximum Gasteiger partial charge on any atom is 0.169 e. The van der Waals surface area contributed by atoms with Crippen molar-refractivity contribution in [1.29, 1.82) is 0 Å². The number of ether oxygens (including phenoxy) is 1. The van der Waals surface area contributed by atoms with E-state index in [4.69, 9.17) is 4.74 Å². The minimum atomic E-state index is 0.513. The molecule has 0 amide bonds. The van der Waals surface area contributed by atoms with Crippen molar-refractivity contribution in [1.82, 2.24) is 0 Å². The molecule has 50 valence electrons. The zero-order chi connectivity index (χ0) is 6.10. The van der Waals surface area contributed by atoms with Gasteiger partial charge >= 0.3 is 0 Å².